The van der Waals surface area contributed by atoms with Gasteiger partial charge in [-0.2, -0.15) is 0 Å². The fourth-order valence-corrected chi connectivity index (χ4v) is 1.28. The fraction of sp³-hybridized carbons (Fsp3) is 0.300. The summed E-state index contributed by atoms with van der Waals surface area (Å²) in [7, 11) is 0. The molecule has 1 saturated heterocycles. The third-order valence-electron chi connectivity index (χ3n) is 2.18. The number of rotatable bonds is 3. The third-order valence-corrected chi connectivity index (χ3v) is 2.18. The summed E-state index contributed by atoms with van der Waals surface area (Å²) in [6.45, 7) is 2.04. The van der Waals surface area contributed by atoms with Crippen molar-refractivity contribution in [1.82, 2.24) is 0 Å². The largest absolute Gasteiger partial charge is 0.430 e. The molecule has 0 radical (unpaired) electrons. The standard InChI is InChI=1S/C10H9NO5/c1-6-4-7(11(13)14)2-3-8(6)10(12)16-9-5-15-9/h2-4,9H,5H2,1H3. The van der Waals surface area contributed by atoms with Crippen LogP contribution in [0.15, 0.2) is 18.2 Å². The molecule has 1 aliphatic heterocycles. The van der Waals surface area contributed by atoms with E-state index < -0.39 is 17.2 Å². The van der Waals surface area contributed by atoms with Crippen LogP contribution in [0.1, 0.15) is 15.9 Å². The molecule has 0 aromatic heterocycles. The topological polar surface area (TPSA) is 82.0 Å². The lowest BCUT2D eigenvalue weighted by Crippen LogP contribution is -2.09. The summed E-state index contributed by atoms with van der Waals surface area (Å²) in [6, 6.07) is 4.00. The lowest BCUT2D eigenvalue weighted by atomic mass is 10.1. The zero-order valence-corrected chi connectivity index (χ0v) is 8.50. The lowest BCUT2D eigenvalue weighted by molar-refractivity contribution is -0.384. The second kappa shape index (κ2) is 3.90. The van der Waals surface area contributed by atoms with Crippen molar-refractivity contribution < 1.29 is 19.2 Å². The number of nitro groups is 1. The van der Waals surface area contributed by atoms with Crippen LogP contribution >= 0.6 is 0 Å². The van der Waals surface area contributed by atoms with Crippen molar-refractivity contribution in [3.8, 4) is 0 Å². The molecule has 1 fully saturated rings. The van der Waals surface area contributed by atoms with E-state index in [0.29, 0.717) is 17.7 Å². The highest BCUT2D eigenvalue weighted by Gasteiger charge is 2.28. The molecule has 0 bridgehead atoms. The van der Waals surface area contributed by atoms with E-state index in [4.69, 9.17) is 9.47 Å². The predicted octanol–water partition coefficient (Wildman–Crippen LogP) is 1.42. The van der Waals surface area contributed by atoms with E-state index in [-0.39, 0.29) is 5.69 Å². The second-order valence-corrected chi connectivity index (χ2v) is 3.42. The quantitative estimate of drug-likeness (QED) is 0.335. The van der Waals surface area contributed by atoms with Gasteiger partial charge >= 0.3 is 5.97 Å². The van der Waals surface area contributed by atoms with Gasteiger partial charge in [-0.05, 0) is 18.6 Å². The van der Waals surface area contributed by atoms with Crippen LogP contribution in [0.4, 0.5) is 5.69 Å². The molecule has 0 spiro atoms. The van der Waals surface area contributed by atoms with Gasteiger partial charge in [0.15, 0.2) is 0 Å². The molecular weight excluding hydrogens is 214 g/mol. The van der Waals surface area contributed by atoms with E-state index in [1.807, 2.05) is 0 Å². The maximum Gasteiger partial charge on any atom is 0.340 e. The first-order chi connectivity index (χ1) is 7.58. The number of esters is 1. The van der Waals surface area contributed by atoms with Gasteiger partial charge in [0.25, 0.3) is 5.69 Å². The molecule has 16 heavy (non-hydrogen) atoms. The van der Waals surface area contributed by atoms with E-state index >= 15 is 0 Å². The minimum Gasteiger partial charge on any atom is -0.430 e. The summed E-state index contributed by atoms with van der Waals surface area (Å²) in [5, 5.41) is 10.5. The first-order valence-electron chi connectivity index (χ1n) is 4.65. The fourth-order valence-electron chi connectivity index (χ4n) is 1.28. The molecule has 6 nitrogen and oxygen atoms in total. The van der Waals surface area contributed by atoms with Gasteiger partial charge in [0, 0.05) is 12.1 Å². The monoisotopic (exact) mass is 223 g/mol. The maximum absolute atomic E-state index is 11.5. The van der Waals surface area contributed by atoms with E-state index in [1.54, 1.807) is 6.92 Å². The zero-order valence-electron chi connectivity index (χ0n) is 8.50. The molecule has 6 heteroatoms. The van der Waals surface area contributed by atoms with Crippen LogP contribution in [-0.2, 0) is 9.47 Å². The highest BCUT2D eigenvalue weighted by atomic mass is 16.8. The molecule has 1 atom stereocenters. The van der Waals surface area contributed by atoms with Crippen molar-refractivity contribution in [3.05, 3.63) is 39.4 Å². The van der Waals surface area contributed by atoms with E-state index in [0.717, 1.165) is 0 Å². The van der Waals surface area contributed by atoms with Crippen molar-refractivity contribution in [3.63, 3.8) is 0 Å². The van der Waals surface area contributed by atoms with Crippen molar-refractivity contribution in [1.29, 1.82) is 0 Å². The molecule has 1 heterocycles. The number of nitrogens with zero attached hydrogens (tertiary/aromatic N) is 1. The Kier molecular flexibility index (Phi) is 2.57. The van der Waals surface area contributed by atoms with Gasteiger partial charge in [0.05, 0.1) is 10.5 Å². The molecule has 2 rings (SSSR count). The van der Waals surface area contributed by atoms with Gasteiger partial charge in [-0.3, -0.25) is 10.1 Å². The number of hydrogen-bond donors (Lipinski definition) is 0. The average Bonchev–Trinajstić information content (AvgIpc) is 3.01. The zero-order chi connectivity index (χ0) is 11.7. The van der Waals surface area contributed by atoms with Crippen LogP contribution in [0.3, 0.4) is 0 Å². The van der Waals surface area contributed by atoms with Crippen molar-refractivity contribution in [2.24, 2.45) is 0 Å². The smallest absolute Gasteiger partial charge is 0.340 e. The summed E-state index contributed by atoms with van der Waals surface area (Å²) in [6.07, 6.45) is -0.456. The van der Waals surface area contributed by atoms with Crippen molar-refractivity contribution >= 4 is 11.7 Å². The molecule has 1 aromatic rings. The summed E-state index contributed by atoms with van der Waals surface area (Å²) in [4.78, 5) is 21.5. The van der Waals surface area contributed by atoms with Crippen LogP contribution in [-0.4, -0.2) is 23.8 Å². The Labute approximate surface area is 90.9 Å². The maximum atomic E-state index is 11.5. The SMILES string of the molecule is Cc1cc([N+](=O)[O-])ccc1C(=O)OC1CO1. The molecule has 0 saturated carbocycles. The Bertz CT molecular complexity index is 453. The number of ether oxygens (including phenoxy) is 2. The Morgan fingerprint density at radius 1 is 1.62 bits per heavy atom. The molecular formula is C10H9NO5. The van der Waals surface area contributed by atoms with Crippen LogP contribution in [0.5, 0.6) is 0 Å². The summed E-state index contributed by atoms with van der Waals surface area (Å²) in [5.74, 6) is -0.519. The number of non-ortho nitro benzene ring substituents is 1. The summed E-state index contributed by atoms with van der Waals surface area (Å²) < 4.78 is 9.65. The Morgan fingerprint density at radius 3 is 2.81 bits per heavy atom. The molecule has 84 valence electrons. The molecule has 1 unspecified atom stereocenters. The molecule has 0 amide bonds. The number of benzene rings is 1. The Hall–Kier alpha value is -1.95. The number of aryl methyl sites for hydroxylation is 1. The van der Waals surface area contributed by atoms with Crippen LogP contribution in [0.2, 0.25) is 0 Å². The van der Waals surface area contributed by atoms with Gasteiger partial charge in [-0.1, -0.05) is 0 Å². The van der Waals surface area contributed by atoms with E-state index in [2.05, 4.69) is 0 Å². The summed E-state index contributed by atoms with van der Waals surface area (Å²) in [5.41, 5.74) is 0.790. The normalized spacial score (nSPS) is 17.9. The highest BCUT2D eigenvalue weighted by Crippen LogP contribution is 2.20. The minimum atomic E-state index is -0.519. The van der Waals surface area contributed by atoms with Gasteiger partial charge in [0.2, 0.25) is 6.29 Å². The first kappa shape index (κ1) is 10.6. The lowest BCUT2D eigenvalue weighted by Gasteiger charge is -2.04. The van der Waals surface area contributed by atoms with Crippen molar-refractivity contribution in [2.75, 3.05) is 6.61 Å². The minimum absolute atomic E-state index is 0.0447. The second-order valence-electron chi connectivity index (χ2n) is 3.42. The molecule has 0 N–H and O–H groups in total. The molecule has 1 aliphatic rings. The predicted molar refractivity (Wildman–Crippen MR) is 53.0 cm³/mol. The van der Waals surface area contributed by atoms with Crippen LogP contribution in [0.25, 0.3) is 0 Å². The van der Waals surface area contributed by atoms with Gasteiger partial charge in [0.1, 0.15) is 6.61 Å². The van der Waals surface area contributed by atoms with Gasteiger partial charge in [-0.15, -0.1) is 0 Å². The number of carbonyl (C=O) groups is 1. The van der Waals surface area contributed by atoms with Crippen LogP contribution in [0, 0.1) is 17.0 Å². The first-order valence-corrected chi connectivity index (χ1v) is 4.65. The van der Waals surface area contributed by atoms with Gasteiger partial charge < -0.3 is 9.47 Å². The Balaban J connectivity index is 2.20. The van der Waals surface area contributed by atoms with Gasteiger partial charge in [-0.25, -0.2) is 4.79 Å². The number of nitro benzene ring substituents is 1. The average molecular weight is 223 g/mol. The molecule has 1 aromatic carbocycles. The number of carbonyl (C=O) groups excluding carboxylic acids is 1. The number of epoxide rings is 1. The third kappa shape index (κ3) is 2.17. The molecule has 0 aliphatic carbocycles. The Morgan fingerprint density at radius 2 is 2.31 bits per heavy atom. The highest BCUT2D eigenvalue weighted by molar-refractivity contribution is 5.91. The summed E-state index contributed by atoms with van der Waals surface area (Å²) >= 11 is 0. The number of hydrogen-bond acceptors (Lipinski definition) is 5. The van der Waals surface area contributed by atoms with Crippen molar-refractivity contribution in [2.45, 2.75) is 13.2 Å². The van der Waals surface area contributed by atoms with Crippen LogP contribution < -0.4 is 0 Å². The van der Waals surface area contributed by atoms with E-state index in [9.17, 15) is 14.9 Å². The van der Waals surface area contributed by atoms with E-state index in [1.165, 1.54) is 18.2 Å².